The van der Waals surface area contributed by atoms with E-state index in [0.717, 1.165) is 18.7 Å². The van der Waals surface area contributed by atoms with Crippen LogP contribution in [0.2, 0.25) is 0 Å². The van der Waals surface area contributed by atoms with E-state index in [1.54, 1.807) is 23.2 Å². The van der Waals surface area contributed by atoms with Crippen molar-refractivity contribution in [3.63, 3.8) is 0 Å². The highest BCUT2D eigenvalue weighted by Crippen LogP contribution is 2.23. The fourth-order valence-corrected chi connectivity index (χ4v) is 5.58. The lowest BCUT2D eigenvalue weighted by Gasteiger charge is -2.27. The molecule has 0 spiro atoms. The summed E-state index contributed by atoms with van der Waals surface area (Å²) in [6, 6.07) is 3.71. The Morgan fingerprint density at radius 3 is 2.68 bits per heavy atom. The van der Waals surface area contributed by atoms with Crippen molar-refractivity contribution in [2.45, 2.75) is 57.5 Å². The Kier molecular flexibility index (Phi) is 5.61. The summed E-state index contributed by atoms with van der Waals surface area (Å²) in [5.74, 6) is 0.864. The van der Waals surface area contributed by atoms with Crippen LogP contribution in [0.15, 0.2) is 18.3 Å². The van der Waals surface area contributed by atoms with E-state index in [2.05, 4.69) is 10.3 Å². The molecule has 1 aromatic heterocycles. The number of rotatable bonds is 5. The number of carbonyl (C=O) groups is 1. The van der Waals surface area contributed by atoms with Gasteiger partial charge >= 0.3 is 0 Å². The molecule has 1 amide bonds. The fourth-order valence-electron chi connectivity index (χ4n) is 3.85. The molecule has 1 saturated carbocycles. The standard InChI is InChI=1S/C18H27N3O3S/c1-2-21(16-9-11-25(23,24)13-16)18(22)14-8-10-19-17(12-14)20-15-6-4-3-5-7-15/h8,10,12,15-16H,2-7,9,11,13H2,1H3,(H,19,20). The molecular weight excluding hydrogens is 338 g/mol. The van der Waals surface area contributed by atoms with Gasteiger partial charge in [0.15, 0.2) is 9.84 Å². The van der Waals surface area contributed by atoms with Crippen LogP contribution in [-0.2, 0) is 9.84 Å². The zero-order chi connectivity index (χ0) is 17.9. The van der Waals surface area contributed by atoms with Gasteiger partial charge in [-0.15, -0.1) is 0 Å². The molecule has 1 saturated heterocycles. The van der Waals surface area contributed by atoms with E-state index in [1.807, 2.05) is 6.92 Å². The number of pyridine rings is 1. The second kappa shape index (κ2) is 7.72. The Labute approximate surface area is 149 Å². The highest BCUT2D eigenvalue weighted by molar-refractivity contribution is 7.91. The van der Waals surface area contributed by atoms with E-state index in [-0.39, 0.29) is 23.5 Å². The van der Waals surface area contributed by atoms with Crippen LogP contribution < -0.4 is 5.32 Å². The highest BCUT2D eigenvalue weighted by Gasteiger charge is 2.34. The summed E-state index contributed by atoms with van der Waals surface area (Å²) in [6.07, 6.45) is 8.21. The molecule has 1 atom stereocenters. The minimum atomic E-state index is -3.01. The third-order valence-corrected chi connectivity index (χ3v) is 6.97. The van der Waals surface area contributed by atoms with E-state index < -0.39 is 9.84 Å². The average molecular weight is 365 g/mol. The predicted octanol–water partition coefficient (Wildman–Crippen LogP) is 2.48. The Hall–Kier alpha value is -1.63. The van der Waals surface area contributed by atoms with E-state index >= 15 is 0 Å². The van der Waals surface area contributed by atoms with Gasteiger partial charge in [0.05, 0.1) is 11.5 Å². The van der Waals surface area contributed by atoms with Crippen LogP contribution in [0.5, 0.6) is 0 Å². The molecule has 2 aliphatic rings. The Bertz CT molecular complexity index is 714. The van der Waals surface area contributed by atoms with Gasteiger partial charge in [0.1, 0.15) is 5.82 Å². The zero-order valence-electron chi connectivity index (χ0n) is 14.8. The highest BCUT2D eigenvalue weighted by atomic mass is 32.2. The molecule has 1 N–H and O–H groups in total. The molecule has 3 rings (SSSR count). The van der Waals surface area contributed by atoms with Crippen molar-refractivity contribution in [2.75, 3.05) is 23.4 Å². The molecule has 2 heterocycles. The number of hydrogen-bond donors (Lipinski definition) is 1. The minimum absolute atomic E-state index is 0.0743. The molecule has 1 aromatic rings. The molecule has 1 aliphatic carbocycles. The fraction of sp³-hybridized carbons (Fsp3) is 0.667. The Balaban J connectivity index is 1.71. The Morgan fingerprint density at radius 2 is 2.04 bits per heavy atom. The molecule has 25 heavy (non-hydrogen) atoms. The van der Waals surface area contributed by atoms with Crippen LogP contribution in [-0.4, -0.2) is 54.3 Å². The molecular formula is C18H27N3O3S. The molecule has 1 aliphatic heterocycles. The van der Waals surface area contributed by atoms with Gasteiger partial charge in [0, 0.05) is 30.4 Å². The van der Waals surface area contributed by atoms with Crippen molar-refractivity contribution in [1.82, 2.24) is 9.88 Å². The lowest BCUT2D eigenvalue weighted by molar-refractivity contribution is 0.0708. The molecule has 1 unspecified atom stereocenters. The van der Waals surface area contributed by atoms with E-state index in [4.69, 9.17) is 0 Å². The van der Waals surface area contributed by atoms with Gasteiger partial charge in [-0.3, -0.25) is 4.79 Å². The second-order valence-electron chi connectivity index (χ2n) is 7.06. The van der Waals surface area contributed by atoms with Crippen molar-refractivity contribution in [1.29, 1.82) is 0 Å². The van der Waals surface area contributed by atoms with Crippen LogP contribution in [0, 0.1) is 0 Å². The van der Waals surface area contributed by atoms with Crippen molar-refractivity contribution >= 4 is 21.6 Å². The number of sulfone groups is 1. The molecule has 138 valence electrons. The van der Waals surface area contributed by atoms with Gasteiger partial charge in [0.25, 0.3) is 5.91 Å². The van der Waals surface area contributed by atoms with Crippen LogP contribution >= 0.6 is 0 Å². The van der Waals surface area contributed by atoms with E-state index in [9.17, 15) is 13.2 Å². The quantitative estimate of drug-likeness (QED) is 0.867. The maximum atomic E-state index is 12.9. The molecule has 2 fully saturated rings. The van der Waals surface area contributed by atoms with Crippen LogP contribution in [0.3, 0.4) is 0 Å². The summed E-state index contributed by atoms with van der Waals surface area (Å²) in [5, 5.41) is 3.44. The Morgan fingerprint density at radius 1 is 1.28 bits per heavy atom. The summed E-state index contributed by atoms with van der Waals surface area (Å²) in [4.78, 5) is 18.9. The maximum Gasteiger partial charge on any atom is 0.254 e. The van der Waals surface area contributed by atoms with E-state index in [0.29, 0.717) is 24.6 Å². The number of nitrogens with one attached hydrogen (secondary N) is 1. The van der Waals surface area contributed by atoms with Gasteiger partial charge < -0.3 is 10.2 Å². The first-order chi connectivity index (χ1) is 12.0. The van der Waals surface area contributed by atoms with Crippen LogP contribution in [0.1, 0.15) is 55.8 Å². The molecule has 6 nitrogen and oxygen atoms in total. The zero-order valence-corrected chi connectivity index (χ0v) is 15.6. The van der Waals surface area contributed by atoms with Crippen LogP contribution in [0.25, 0.3) is 0 Å². The summed E-state index contributed by atoms with van der Waals surface area (Å²) in [6.45, 7) is 2.40. The lowest BCUT2D eigenvalue weighted by Crippen LogP contribution is -2.41. The lowest BCUT2D eigenvalue weighted by atomic mass is 9.95. The summed E-state index contributed by atoms with van der Waals surface area (Å²) in [5.41, 5.74) is 0.569. The average Bonchev–Trinajstić information content (AvgIpc) is 2.96. The number of aromatic nitrogens is 1. The van der Waals surface area contributed by atoms with Crippen molar-refractivity contribution < 1.29 is 13.2 Å². The molecule has 0 radical (unpaired) electrons. The summed E-state index contributed by atoms with van der Waals surface area (Å²) < 4.78 is 23.5. The third-order valence-electron chi connectivity index (χ3n) is 5.21. The number of amides is 1. The van der Waals surface area contributed by atoms with Crippen LogP contribution in [0.4, 0.5) is 5.82 Å². The number of hydrogen-bond acceptors (Lipinski definition) is 5. The largest absolute Gasteiger partial charge is 0.367 e. The monoisotopic (exact) mass is 365 g/mol. The first-order valence-corrected chi connectivity index (χ1v) is 11.0. The van der Waals surface area contributed by atoms with Gasteiger partial charge in [-0.1, -0.05) is 19.3 Å². The predicted molar refractivity (Wildman–Crippen MR) is 98.5 cm³/mol. The van der Waals surface area contributed by atoms with Crippen molar-refractivity contribution in [2.24, 2.45) is 0 Å². The molecule has 7 heteroatoms. The first-order valence-electron chi connectivity index (χ1n) is 9.22. The van der Waals surface area contributed by atoms with Gasteiger partial charge in [-0.2, -0.15) is 0 Å². The van der Waals surface area contributed by atoms with Crippen molar-refractivity contribution in [3.8, 4) is 0 Å². The topological polar surface area (TPSA) is 79.4 Å². The minimum Gasteiger partial charge on any atom is -0.367 e. The maximum absolute atomic E-state index is 12.9. The van der Waals surface area contributed by atoms with Gasteiger partial charge in [0.2, 0.25) is 0 Å². The van der Waals surface area contributed by atoms with Gasteiger partial charge in [-0.25, -0.2) is 13.4 Å². The number of nitrogens with zero attached hydrogens (tertiary/aromatic N) is 2. The summed E-state index contributed by atoms with van der Waals surface area (Å²) >= 11 is 0. The first kappa shape index (κ1) is 18.2. The summed E-state index contributed by atoms with van der Waals surface area (Å²) in [7, 11) is -3.01. The van der Waals surface area contributed by atoms with E-state index in [1.165, 1.54) is 19.3 Å². The smallest absolute Gasteiger partial charge is 0.254 e. The molecule has 0 aromatic carbocycles. The van der Waals surface area contributed by atoms with Crippen molar-refractivity contribution in [3.05, 3.63) is 23.9 Å². The number of anilines is 1. The SMILES string of the molecule is CCN(C(=O)c1ccnc(NC2CCCCC2)c1)C1CCS(=O)(=O)C1. The van der Waals surface area contributed by atoms with Gasteiger partial charge in [-0.05, 0) is 38.3 Å². The second-order valence-corrected chi connectivity index (χ2v) is 9.29. The molecule has 0 bridgehead atoms. The third kappa shape index (κ3) is 4.51. The number of carbonyl (C=O) groups excluding carboxylic acids is 1. The normalized spacial score (nSPS) is 23.3.